The van der Waals surface area contributed by atoms with E-state index in [2.05, 4.69) is 9.97 Å². The van der Waals surface area contributed by atoms with Gasteiger partial charge in [-0.3, -0.25) is 9.99 Å². The summed E-state index contributed by atoms with van der Waals surface area (Å²) in [6.07, 6.45) is 1.72. The number of rotatable bonds is 1. The summed E-state index contributed by atoms with van der Waals surface area (Å²) in [7, 11) is 1.75. The molecular formula is C7H12N4. The normalized spacial score (nSPS) is 9.82. The molecule has 0 amide bonds. The van der Waals surface area contributed by atoms with Crippen molar-refractivity contribution < 1.29 is 0 Å². The van der Waals surface area contributed by atoms with Crippen molar-refractivity contribution in [3.63, 3.8) is 0 Å². The Kier molecular flexibility index (Phi) is 2.05. The molecule has 1 aromatic rings. The SMILES string of the molecule is Cc1cnc(C)c(N(C)N)n1. The Hall–Kier alpha value is -1.16. The summed E-state index contributed by atoms with van der Waals surface area (Å²) in [5.41, 5.74) is 1.73. The van der Waals surface area contributed by atoms with E-state index in [1.54, 1.807) is 13.2 Å². The summed E-state index contributed by atoms with van der Waals surface area (Å²) in [5, 5.41) is 1.47. The number of anilines is 1. The molecule has 11 heavy (non-hydrogen) atoms. The first kappa shape index (κ1) is 7.94. The van der Waals surface area contributed by atoms with Crippen molar-refractivity contribution in [3.8, 4) is 0 Å². The highest BCUT2D eigenvalue weighted by molar-refractivity contribution is 5.40. The lowest BCUT2D eigenvalue weighted by molar-refractivity contribution is 0.925. The van der Waals surface area contributed by atoms with Gasteiger partial charge in [0.15, 0.2) is 5.82 Å². The second-order valence-electron chi connectivity index (χ2n) is 2.53. The molecule has 60 valence electrons. The van der Waals surface area contributed by atoms with Gasteiger partial charge in [-0.1, -0.05) is 0 Å². The molecule has 0 unspecified atom stereocenters. The van der Waals surface area contributed by atoms with Crippen LogP contribution in [0.1, 0.15) is 11.4 Å². The van der Waals surface area contributed by atoms with Crippen molar-refractivity contribution >= 4 is 5.82 Å². The van der Waals surface area contributed by atoms with E-state index in [1.165, 1.54) is 5.01 Å². The quantitative estimate of drug-likeness (QED) is 0.467. The zero-order valence-corrected chi connectivity index (χ0v) is 7.00. The summed E-state index contributed by atoms with van der Waals surface area (Å²) in [4.78, 5) is 8.33. The molecule has 0 aliphatic carbocycles. The second-order valence-corrected chi connectivity index (χ2v) is 2.53. The summed E-state index contributed by atoms with van der Waals surface area (Å²) in [6.45, 7) is 3.77. The van der Waals surface area contributed by atoms with Crippen LogP contribution < -0.4 is 10.9 Å². The fraction of sp³-hybridized carbons (Fsp3) is 0.429. The number of hydrogen-bond donors (Lipinski definition) is 1. The predicted octanol–water partition coefficient (Wildman–Crippen LogP) is 0.403. The van der Waals surface area contributed by atoms with E-state index >= 15 is 0 Å². The van der Waals surface area contributed by atoms with Gasteiger partial charge in [-0.2, -0.15) is 0 Å². The topological polar surface area (TPSA) is 55.0 Å². The number of nitrogens with two attached hydrogens (primary N) is 1. The van der Waals surface area contributed by atoms with Gasteiger partial charge in [0.25, 0.3) is 0 Å². The van der Waals surface area contributed by atoms with E-state index in [1.807, 2.05) is 13.8 Å². The van der Waals surface area contributed by atoms with Crippen LogP contribution in [0.2, 0.25) is 0 Å². The van der Waals surface area contributed by atoms with E-state index in [9.17, 15) is 0 Å². The summed E-state index contributed by atoms with van der Waals surface area (Å²) >= 11 is 0. The minimum Gasteiger partial charge on any atom is -0.296 e. The van der Waals surface area contributed by atoms with Crippen LogP contribution in [-0.2, 0) is 0 Å². The smallest absolute Gasteiger partial charge is 0.164 e. The van der Waals surface area contributed by atoms with Crippen LogP contribution in [0.25, 0.3) is 0 Å². The third-order valence-electron chi connectivity index (χ3n) is 1.38. The zero-order valence-electron chi connectivity index (χ0n) is 7.00. The first-order valence-electron chi connectivity index (χ1n) is 3.40. The van der Waals surface area contributed by atoms with Crippen molar-refractivity contribution in [1.29, 1.82) is 0 Å². The van der Waals surface area contributed by atoms with Crippen molar-refractivity contribution in [2.75, 3.05) is 12.1 Å². The number of nitrogens with zero attached hydrogens (tertiary/aromatic N) is 3. The van der Waals surface area contributed by atoms with Gasteiger partial charge in [0.05, 0.1) is 11.4 Å². The predicted molar refractivity (Wildman–Crippen MR) is 44.1 cm³/mol. The molecule has 1 rings (SSSR count). The number of hydrogen-bond acceptors (Lipinski definition) is 4. The van der Waals surface area contributed by atoms with Crippen LogP contribution in [0.3, 0.4) is 0 Å². The van der Waals surface area contributed by atoms with Gasteiger partial charge in [0.1, 0.15) is 0 Å². The molecule has 0 radical (unpaired) electrons. The van der Waals surface area contributed by atoms with Crippen molar-refractivity contribution in [2.24, 2.45) is 5.84 Å². The first-order valence-corrected chi connectivity index (χ1v) is 3.40. The molecule has 0 fully saturated rings. The standard InChI is InChI=1S/C7H12N4/c1-5-4-9-6(2)7(10-5)11(3)8/h4H,8H2,1-3H3. The maximum Gasteiger partial charge on any atom is 0.164 e. The molecule has 0 aromatic carbocycles. The van der Waals surface area contributed by atoms with Gasteiger partial charge in [-0.05, 0) is 13.8 Å². The Balaban J connectivity index is 3.13. The Morgan fingerprint density at radius 1 is 1.45 bits per heavy atom. The molecule has 0 atom stereocenters. The Morgan fingerprint density at radius 2 is 2.09 bits per heavy atom. The highest BCUT2D eigenvalue weighted by Gasteiger charge is 2.02. The minimum absolute atomic E-state index is 0.727. The molecule has 0 saturated carbocycles. The average Bonchev–Trinajstić information content (AvgIpc) is 1.94. The lowest BCUT2D eigenvalue weighted by atomic mass is 10.4. The highest BCUT2D eigenvalue weighted by atomic mass is 15.4. The van der Waals surface area contributed by atoms with E-state index in [-0.39, 0.29) is 0 Å². The first-order chi connectivity index (χ1) is 5.11. The maximum absolute atomic E-state index is 5.51. The Bertz CT molecular complexity index is 257. The van der Waals surface area contributed by atoms with Crippen LogP contribution in [0.5, 0.6) is 0 Å². The molecule has 0 aliphatic heterocycles. The Morgan fingerprint density at radius 3 is 2.55 bits per heavy atom. The van der Waals surface area contributed by atoms with Crippen LogP contribution in [0, 0.1) is 13.8 Å². The number of hydrazine groups is 1. The maximum atomic E-state index is 5.51. The fourth-order valence-electron chi connectivity index (χ4n) is 0.859. The van der Waals surface area contributed by atoms with Gasteiger partial charge >= 0.3 is 0 Å². The van der Waals surface area contributed by atoms with E-state index in [4.69, 9.17) is 5.84 Å². The summed E-state index contributed by atoms with van der Waals surface area (Å²) in [5.74, 6) is 6.24. The highest BCUT2D eigenvalue weighted by Crippen LogP contribution is 2.09. The summed E-state index contributed by atoms with van der Waals surface area (Å²) in [6, 6.07) is 0. The number of aryl methyl sites for hydroxylation is 2. The molecule has 0 aliphatic rings. The molecule has 2 N–H and O–H groups in total. The average molecular weight is 152 g/mol. The summed E-state index contributed by atoms with van der Waals surface area (Å²) < 4.78 is 0. The molecule has 0 bridgehead atoms. The molecular weight excluding hydrogens is 140 g/mol. The van der Waals surface area contributed by atoms with Crippen molar-refractivity contribution in [2.45, 2.75) is 13.8 Å². The lowest BCUT2D eigenvalue weighted by Crippen LogP contribution is -2.27. The lowest BCUT2D eigenvalue weighted by Gasteiger charge is -2.12. The van der Waals surface area contributed by atoms with Crippen LogP contribution in [0.4, 0.5) is 5.82 Å². The van der Waals surface area contributed by atoms with Crippen molar-refractivity contribution in [1.82, 2.24) is 9.97 Å². The van der Waals surface area contributed by atoms with E-state index < -0.39 is 0 Å². The third kappa shape index (κ3) is 1.65. The largest absolute Gasteiger partial charge is 0.296 e. The van der Waals surface area contributed by atoms with Gasteiger partial charge in [0.2, 0.25) is 0 Å². The second kappa shape index (κ2) is 2.84. The van der Waals surface area contributed by atoms with Crippen LogP contribution in [-0.4, -0.2) is 17.0 Å². The number of aromatic nitrogens is 2. The fourth-order valence-corrected chi connectivity index (χ4v) is 0.859. The van der Waals surface area contributed by atoms with Gasteiger partial charge in [0, 0.05) is 13.2 Å². The van der Waals surface area contributed by atoms with E-state index in [0.29, 0.717) is 0 Å². The third-order valence-corrected chi connectivity index (χ3v) is 1.38. The van der Waals surface area contributed by atoms with Gasteiger partial charge < -0.3 is 0 Å². The van der Waals surface area contributed by atoms with Gasteiger partial charge in [-0.15, -0.1) is 0 Å². The molecule has 0 spiro atoms. The Labute approximate surface area is 66.0 Å². The van der Waals surface area contributed by atoms with Crippen molar-refractivity contribution in [3.05, 3.63) is 17.6 Å². The monoisotopic (exact) mass is 152 g/mol. The van der Waals surface area contributed by atoms with Gasteiger partial charge in [-0.25, -0.2) is 10.8 Å². The minimum atomic E-state index is 0.727. The van der Waals surface area contributed by atoms with Crippen LogP contribution >= 0.6 is 0 Å². The molecule has 4 heteroatoms. The van der Waals surface area contributed by atoms with E-state index in [0.717, 1.165) is 17.2 Å². The molecule has 1 aromatic heterocycles. The molecule has 1 heterocycles. The van der Waals surface area contributed by atoms with Crippen LogP contribution in [0.15, 0.2) is 6.20 Å². The molecule has 4 nitrogen and oxygen atoms in total. The molecule has 0 saturated heterocycles. The zero-order chi connectivity index (χ0) is 8.43.